The van der Waals surface area contributed by atoms with Crippen molar-refractivity contribution < 1.29 is 19.1 Å². The summed E-state index contributed by atoms with van der Waals surface area (Å²) in [6.45, 7) is 8.18. The maximum absolute atomic E-state index is 13.6. The van der Waals surface area contributed by atoms with Crippen LogP contribution in [0.25, 0.3) is 0 Å². The van der Waals surface area contributed by atoms with E-state index < -0.39 is 5.92 Å². The minimum absolute atomic E-state index is 0.0493. The number of nitrogens with one attached hydrogen (secondary N) is 2. The zero-order valence-corrected chi connectivity index (χ0v) is 23.0. The highest BCUT2D eigenvalue weighted by Crippen LogP contribution is 2.52. The first-order valence-corrected chi connectivity index (χ1v) is 13.4. The Hall–Kier alpha value is -3.38. The molecule has 0 fully saturated rings. The van der Waals surface area contributed by atoms with Crippen LogP contribution >= 0.6 is 11.6 Å². The van der Waals surface area contributed by atoms with Crippen molar-refractivity contribution in [3.05, 3.63) is 81.7 Å². The Bertz CT molecular complexity index is 1330. The van der Waals surface area contributed by atoms with Crippen LogP contribution in [-0.2, 0) is 14.4 Å². The van der Waals surface area contributed by atoms with Crippen molar-refractivity contribution >= 4 is 34.8 Å². The Labute approximate surface area is 228 Å². The van der Waals surface area contributed by atoms with Crippen molar-refractivity contribution in [2.24, 2.45) is 10.8 Å². The van der Waals surface area contributed by atoms with E-state index >= 15 is 0 Å². The lowest BCUT2D eigenvalue weighted by Gasteiger charge is -2.44. The van der Waals surface area contributed by atoms with Gasteiger partial charge in [-0.05, 0) is 54.0 Å². The SMILES string of the molecule is CC1(C)CC(=O)C2=C(C1)NC1=C(C(=O)CC(C)(C)C1)C2c1ccccc1OCC(=O)Nc1ccc(Cl)cc1. The summed E-state index contributed by atoms with van der Waals surface area (Å²) in [6.07, 6.45) is 2.28. The Morgan fingerprint density at radius 3 is 2.03 bits per heavy atom. The molecule has 0 saturated heterocycles. The van der Waals surface area contributed by atoms with Crippen LogP contribution < -0.4 is 15.4 Å². The highest BCUT2D eigenvalue weighted by atomic mass is 35.5. The van der Waals surface area contributed by atoms with Crippen LogP contribution in [0.5, 0.6) is 5.75 Å². The van der Waals surface area contributed by atoms with Crippen LogP contribution in [0, 0.1) is 10.8 Å². The number of ether oxygens (including phenoxy) is 1. The van der Waals surface area contributed by atoms with Gasteiger partial charge in [-0.3, -0.25) is 14.4 Å². The molecule has 1 amide bonds. The number of Topliss-reactive ketones (excluding diaryl/α,β-unsaturated/α-hetero) is 2. The largest absolute Gasteiger partial charge is 0.483 e. The van der Waals surface area contributed by atoms with Crippen molar-refractivity contribution in [1.29, 1.82) is 0 Å². The molecular formula is C31H33ClN2O4. The molecule has 0 atom stereocenters. The molecule has 5 rings (SSSR count). The quantitative estimate of drug-likeness (QED) is 0.470. The number of rotatable bonds is 5. The van der Waals surface area contributed by atoms with Crippen molar-refractivity contribution in [3.63, 3.8) is 0 Å². The van der Waals surface area contributed by atoms with Crippen molar-refractivity contribution in [2.45, 2.75) is 59.3 Å². The topological polar surface area (TPSA) is 84.5 Å². The Morgan fingerprint density at radius 1 is 0.895 bits per heavy atom. The lowest BCUT2D eigenvalue weighted by Crippen LogP contribution is -2.42. The number of carbonyl (C=O) groups is 3. The second-order valence-corrected chi connectivity index (χ2v) is 12.5. The maximum Gasteiger partial charge on any atom is 0.262 e. The molecule has 2 aromatic rings. The molecule has 1 aliphatic heterocycles. The molecule has 3 aliphatic rings. The molecule has 2 N–H and O–H groups in total. The summed E-state index contributed by atoms with van der Waals surface area (Å²) in [5, 5.41) is 6.92. The van der Waals surface area contributed by atoms with E-state index in [2.05, 4.69) is 38.3 Å². The first kappa shape index (κ1) is 26.2. The van der Waals surface area contributed by atoms with Gasteiger partial charge in [-0.25, -0.2) is 0 Å². The molecule has 7 heteroatoms. The lowest BCUT2D eigenvalue weighted by atomic mass is 9.64. The van der Waals surface area contributed by atoms with Crippen LogP contribution in [-0.4, -0.2) is 24.1 Å². The third kappa shape index (κ3) is 5.28. The predicted molar refractivity (Wildman–Crippen MR) is 148 cm³/mol. The highest BCUT2D eigenvalue weighted by Gasteiger charge is 2.47. The van der Waals surface area contributed by atoms with Crippen LogP contribution in [0.3, 0.4) is 0 Å². The van der Waals surface area contributed by atoms with Crippen LogP contribution in [0.15, 0.2) is 71.1 Å². The second-order valence-electron chi connectivity index (χ2n) is 12.1. The fourth-order valence-electron chi connectivity index (χ4n) is 5.92. The summed E-state index contributed by atoms with van der Waals surface area (Å²) in [4.78, 5) is 39.8. The van der Waals surface area contributed by atoms with Gasteiger partial charge >= 0.3 is 0 Å². The van der Waals surface area contributed by atoms with Gasteiger partial charge in [0.2, 0.25) is 0 Å². The molecule has 0 unspecified atom stereocenters. The van der Waals surface area contributed by atoms with Crippen LogP contribution in [0.2, 0.25) is 5.02 Å². The first-order valence-electron chi connectivity index (χ1n) is 13.0. The minimum Gasteiger partial charge on any atom is -0.483 e. The number of para-hydroxylation sites is 1. The summed E-state index contributed by atoms with van der Waals surface area (Å²) in [5.41, 5.74) is 4.10. The lowest BCUT2D eigenvalue weighted by molar-refractivity contribution is -0.120. The smallest absolute Gasteiger partial charge is 0.262 e. The molecule has 198 valence electrons. The summed E-state index contributed by atoms with van der Waals surface area (Å²) < 4.78 is 6.03. The molecule has 0 saturated carbocycles. The second kappa shape index (κ2) is 9.73. The molecule has 1 heterocycles. The van der Waals surface area contributed by atoms with E-state index in [0.717, 1.165) is 29.8 Å². The van der Waals surface area contributed by atoms with Gasteiger partial charge in [0, 0.05) is 57.6 Å². The van der Waals surface area contributed by atoms with Crippen molar-refractivity contribution in [3.8, 4) is 5.75 Å². The monoisotopic (exact) mass is 532 g/mol. The number of halogens is 1. The average Bonchev–Trinajstić information content (AvgIpc) is 2.81. The van der Waals surface area contributed by atoms with Crippen LogP contribution in [0.1, 0.15) is 64.9 Å². The van der Waals surface area contributed by atoms with E-state index in [1.54, 1.807) is 30.3 Å². The number of hydrogen-bond acceptors (Lipinski definition) is 5. The van der Waals surface area contributed by atoms with Gasteiger partial charge in [-0.1, -0.05) is 57.5 Å². The molecule has 2 aromatic carbocycles. The Morgan fingerprint density at radius 2 is 1.45 bits per heavy atom. The van der Waals surface area contributed by atoms with Gasteiger partial charge in [0.15, 0.2) is 18.2 Å². The Balaban J connectivity index is 1.50. The third-order valence-corrected chi connectivity index (χ3v) is 7.69. The fraction of sp³-hybridized carbons (Fsp3) is 0.387. The van der Waals surface area contributed by atoms with E-state index in [-0.39, 0.29) is 34.9 Å². The van der Waals surface area contributed by atoms with Crippen molar-refractivity contribution in [1.82, 2.24) is 5.32 Å². The minimum atomic E-state index is -0.524. The van der Waals surface area contributed by atoms with Gasteiger partial charge < -0.3 is 15.4 Å². The van der Waals surface area contributed by atoms with Gasteiger partial charge in [0.25, 0.3) is 5.91 Å². The molecule has 0 radical (unpaired) electrons. The standard InChI is InChI=1S/C31H33ClN2O4/c1-30(2)13-21-28(23(35)15-30)27(29-22(34-21)14-31(3,4)16-24(29)36)20-7-5-6-8-25(20)38-17-26(37)33-19-11-9-18(32)10-12-19/h5-12,27,34H,13-17H2,1-4H3,(H,33,37). The maximum atomic E-state index is 13.6. The van der Waals surface area contributed by atoms with E-state index in [0.29, 0.717) is 40.4 Å². The summed E-state index contributed by atoms with van der Waals surface area (Å²) >= 11 is 5.93. The number of carbonyl (C=O) groups excluding carboxylic acids is 3. The first-order chi connectivity index (χ1) is 17.9. The molecule has 0 aromatic heterocycles. The molecule has 2 aliphatic carbocycles. The number of amides is 1. The molecule has 6 nitrogen and oxygen atoms in total. The number of benzene rings is 2. The predicted octanol–water partition coefficient (Wildman–Crippen LogP) is 6.33. The van der Waals surface area contributed by atoms with E-state index in [1.807, 2.05) is 18.2 Å². The number of dihydropyridines is 1. The normalized spacial score (nSPS) is 20.4. The van der Waals surface area contributed by atoms with Gasteiger partial charge in [-0.2, -0.15) is 0 Å². The number of allylic oxidation sites excluding steroid dienone is 4. The zero-order chi connectivity index (χ0) is 27.2. The summed E-state index contributed by atoms with van der Waals surface area (Å²) in [7, 11) is 0. The number of ketones is 2. The van der Waals surface area contributed by atoms with E-state index in [1.165, 1.54) is 0 Å². The average molecular weight is 533 g/mol. The van der Waals surface area contributed by atoms with Crippen molar-refractivity contribution in [2.75, 3.05) is 11.9 Å². The zero-order valence-electron chi connectivity index (χ0n) is 22.2. The fourth-order valence-corrected chi connectivity index (χ4v) is 6.05. The number of hydrogen-bond donors (Lipinski definition) is 2. The molecule has 0 bridgehead atoms. The van der Waals surface area contributed by atoms with Gasteiger partial charge in [-0.15, -0.1) is 0 Å². The molecule has 0 spiro atoms. The van der Waals surface area contributed by atoms with Gasteiger partial charge in [0.1, 0.15) is 5.75 Å². The highest BCUT2D eigenvalue weighted by molar-refractivity contribution is 6.30. The summed E-state index contributed by atoms with van der Waals surface area (Å²) in [6, 6.07) is 14.2. The van der Waals surface area contributed by atoms with E-state index in [4.69, 9.17) is 16.3 Å². The molecule has 38 heavy (non-hydrogen) atoms. The number of anilines is 1. The molecular weight excluding hydrogens is 500 g/mol. The van der Waals surface area contributed by atoms with Crippen LogP contribution in [0.4, 0.5) is 5.69 Å². The summed E-state index contributed by atoms with van der Waals surface area (Å²) in [5.74, 6) is -0.261. The van der Waals surface area contributed by atoms with E-state index in [9.17, 15) is 14.4 Å². The Kier molecular flexibility index (Phi) is 6.72. The third-order valence-electron chi connectivity index (χ3n) is 7.44. The van der Waals surface area contributed by atoms with Gasteiger partial charge in [0.05, 0.1) is 0 Å².